The molecule has 0 aliphatic carbocycles. The van der Waals surface area contributed by atoms with Gasteiger partial charge in [-0.05, 0) is 47.6 Å². The summed E-state index contributed by atoms with van der Waals surface area (Å²) in [6.07, 6.45) is 0.973. The van der Waals surface area contributed by atoms with E-state index in [0.29, 0.717) is 4.90 Å². The van der Waals surface area contributed by atoms with Crippen LogP contribution in [0.25, 0.3) is 0 Å². The highest BCUT2D eigenvalue weighted by Crippen LogP contribution is 2.24. The molecule has 0 spiro atoms. The van der Waals surface area contributed by atoms with E-state index in [9.17, 15) is 8.42 Å². The number of nitrogens with one attached hydrogen (secondary N) is 1. The molecule has 2 aromatic carbocycles. The van der Waals surface area contributed by atoms with E-state index in [1.807, 2.05) is 43.3 Å². The quantitative estimate of drug-likeness (QED) is 0.862. The summed E-state index contributed by atoms with van der Waals surface area (Å²) in [5.74, 6) is 0. The average Bonchev–Trinajstić information content (AvgIpc) is 2.54. The average molecular weight is 346 g/mol. The Morgan fingerprint density at radius 3 is 1.96 bits per heavy atom. The molecule has 0 bridgehead atoms. The molecule has 0 heterocycles. The fourth-order valence-electron chi connectivity index (χ4n) is 2.54. The van der Waals surface area contributed by atoms with Crippen LogP contribution in [-0.4, -0.2) is 8.42 Å². The molecule has 1 N–H and O–H groups in total. The van der Waals surface area contributed by atoms with Crippen molar-refractivity contribution in [2.24, 2.45) is 0 Å². The minimum Gasteiger partial charge on any atom is -0.207 e. The fraction of sp³-hybridized carbons (Fsp3) is 0.400. The Hall–Kier alpha value is -1.65. The Kier molecular flexibility index (Phi) is 5.51. The van der Waals surface area contributed by atoms with Gasteiger partial charge >= 0.3 is 0 Å². The van der Waals surface area contributed by atoms with Crippen LogP contribution in [0, 0.1) is 0 Å². The summed E-state index contributed by atoms with van der Waals surface area (Å²) in [6, 6.07) is 14.9. The summed E-state index contributed by atoms with van der Waals surface area (Å²) in [5, 5.41) is 0. The fourth-order valence-corrected chi connectivity index (χ4v) is 3.78. The second kappa shape index (κ2) is 7.08. The first kappa shape index (κ1) is 18.7. The zero-order valence-electron chi connectivity index (χ0n) is 15.1. The molecule has 1 unspecified atom stereocenters. The van der Waals surface area contributed by atoms with Crippen LogP contribution in [0.15, 0.2) is 53.4 Å². The molecule has 0 aliphatic rings. The number of benzene rings is 2. The predicted octanol–water partition coefficient (Wildman–Crippen LogP) is 4.59. The van der Waals surface area contributed by atoms with Crippen molar-refractivity contribution in [3.05, 3.63) is 65.2 Å². The Labute approximate surface area is 146 Å². The van der Waals surface area contributed by atoms with E-state index in [1.54, 1.807) is 12.1 Å². The van der Waals surface area contributed by atoms with Crippen molar-refractivity contribution in [3.8, 4) is 0 Å². The maximum Gasteiger partial charge on any atom is 0.241 e. The summed E-state index contributed by atoms with van der Waals surface area (Å²) in [6.45, 7) is 10.3. The topological polar surface area (TPSA) is 46.2 Å². The molecule has 0 amide bonds. The van der Waals surface area contributed by atoms with E-state index in [1.165, 1.54) is 5.56 Å². The first-order valence-electron chi connectivity index (χ1n) is 8.35. The second-order valence-electron chi connectivity index (χ2n) is 7.21. The van der Waals surface area contributed by atoms with Crippen LogP contribution < -0.4 is 4.72 Å². The van der Waals surface area contributed by atoms with Crippen molar-refractivity contribution in [3.63, 3.8) is 0 Å². The lowest BCUT2D eigenvalue weighted by atomic mass is 9.87. The van der Waals surface area contributed by atoms with Crippen LogP contribution >= 0.6 is 0 Å². The van der Waals surface area contributed by atoms with Gasteiger partial charge in [0.25, 0.3) is 0 Å². The minimum absolute atomic E-state index is 0.00400. The van der Waals surface area contributed by atoms with E-state index in [0.717, 1.165) is 17.5 Å². The number of aryl methyl sites for hydroxylation is 1. The van der Waals surface area contributed by atoms with Gasteiger partial charge in [0.1, 0.15) is 0 Å². The third-order valence-electron chi connectivity index (χ3n) is 4.25. The third kappa shape index (κ3) is 4.46. The lowest BCUT2D eigenvalue weighted by Crippen LogP contribution is -2.27. The second-order valence-corrected chi connectivity index (χ2v) is 8.93. The molecule has 0 saturated heterocycles. The summed E-state index contributed by atoms with van der Waals surface area (Å²) < 4.78 is 27.9. The van der Waals surface area contributed by atoms with Gasteiger partial charge in [0.15, 0.2) is 0 Å². The first-order valence-corrected chi connectivity index (χ1v) is 9.83. The van der Waals surface area contributed by atoms with E-state index in [4.69, 9.17) is 0 Å². The molecule has 0 aliphatic heterocycles. The highest BCUT2D eigenvalue weighted by molar-refractivity contribution is 7.89. The summed E-state index contributed by atoms with van der Waals surface area (Å²) in [5.41, 5.74) is 3.32. The largest absolute Gasteiger partial charge is 0.241 e. The van der Waals surface area contributed by atoms with E-state index < -0.39 is 10.0 Å². The zero-order chi connectivity index (χ0) is 18.0. The summed E-state index contributed by atoms with van der Waals surface area (Å²) in [4.78, 5) is 0.299. The van der Waals surface area contributed by atoms with E-state index >= 15 is 0 Å². The molecule has 0 fully saturated rings. The monoisotopic (exact) mass is 345 g/mol. The van der Waals surface area contributed by atoms with Gasteiger partial charge in [-0.3, -0.25) is 0 Å². The number of hydrogen-bond acceptors (Lipinski definition) is 2. The van der Waals surface area contributed by atoms with Crippen molar-refractivity contribution >= 4 is 10.0 Å². The van der Waals surface area contributed by atoms with E-state index in [2.05, 4.69) is 32.4 Å². The molecule has 130 valence electrons. The Balaban J connectivity index is 2.17. The highest BCUT2D eigenvalue weighted by Gasteiger charge is 2.20. The Morgan fingerprint density at radius 1 is 0.958 bits per heavy atom. The van der Waals surface area contributed by atoms with E-state index in [-0.39, 0.29) is 11.5 Å². The normalized spacial score (nSPS) is 13.7. The number of sulfonamides is 1. The molecule has 1 atom stereocenters. The van der Waals surface area contributed by atoms with Crippen LogP contribution in [0.3, 0.4) is 0 Å². The first-order chi connectivity index (χ1) is 11.1. The summed E-state index contributed by atoms with van der Waals surface area (Å²) >= 11 is 0. The van der Waals surface area contributed by atoms with Gasteiger partial charge in [0, 0.05) is 6.04 Å². The van der Waals surface area contributed by atoms with Gasteiger partial charge in [-0.25, -0.2) is 13.1 Å². The Morgan fingerprint density at radius 2 is 1.50 bits per heavy atom. The Bertz CT molecular complexity index is 770. The molecule has 2 rings (SSSR count). The molecule has 24 heavy (non-hydrogen) atoms. The van der Waals surface area contributed by atoms with Crippen molar-refractivity contribution in [2.75, 3.05) is 0 Å². The molecule has 3 nitrogen and oxygen atoms in total. The smallest absolute Gasteiger partial charge is 0.207 e. The van der Waals surface area contributed by atoms with Crippen LogP contribution in [-0.2, 0) is 21.9 Å². The van der Waals surface area contributed by atoms with Crippen LogP contribution in [0.5, 0.6) is 0 Å². The van der Waals surface area contributed by atoms with Crippen LogP contribution in [0.4, 0.5) is 0 Å². The molecule has 4 heteroatoms. The molecule has 2 aromatic rings. The molecular formula is C20H27NO2S. The van der Waals surface area contributed by atoms with Gasteiger partial charge in [0.2, 0.25) is 10.0 Å². The van der Waals surface area contributed by atoms with Crippen molar-refractivity contribution < 1.29 is 8.42 Å². The van der Waals surface area contributed by atoms with Gasteiger partial charge in [0.05, 0.1) is 4.90 Å². The van der Waals surface area contributed by atoms with Crippen LogP contribution in [0.1, 0.15) is 57.4 Å². The molecule has 0 radical (unpaired) electrons. The van der Waals surface area contributed by atoms with Crippen molar-refractivity contribution in [1.82, 2.24) is 4.72 Å². The zero-order valence-corrected chi connectivity index (χ0v) is 15.9. The number of rotatable bonds is 5. The van der Waals surface area contributed by atoms with Crippen LogP contribution in [0.2, 0.25) is 0 Å². The molecular weight excluding hydrogens is 318 g/mol. The lowest BCUT2D eigenvalue weighted by molar-refractivity contribution is 0.565. The highest BCUT2D eigenvalue weighted by atomic mass is 32.2. The molecule has 0 aromatic heterocycles. The number of hydrogen-bond donors (Lipinski definition) is 1. The van der Waals surface area contributed by atoms with Crippen molar-refractivity contribution in [2.45, 2.75) is 57.4 Å². The van der Waals surface area contributed by atoms with Gasteiger partial charge in [-0.1, -0.05) is 64.1 Å². The van der Waals surface area contributed by atoms with Gasteiger partial charge < -0.3 is 0 Å². The third-order valence-corrected chi connectivity index (χ3v) is 5.81. The summed E-state index contributed by atoms with van der Waals surface area (Å²) in [7, 11) is -3.54. The maximum atomic E-state index is 12.6. The minimum atomic E-state index is -3.54. The maximum absolute atomic E-state index is 12.6. The standard InChI is InChI=1S/C20H27NO2S/c1-6-16-7-9-17(10-8-16)15(2)21-24(22,23)19-13-11-18(12-14-19)20(3,4)5/h7-15,21H,6H2,1-5H3. The van der Waals surface area contributed by atoms with Crippen molar-refractivity contribution in [1.29, 1.82) is 0 Å². The molecule has 0 saturated carbocycles. The lowest BCUT2D eigenvalue weighted by Gasteiger charge is -2.20. The SMILES string of the molecule is CCc1ccc(C(C)NS(=O)(=O)c2ccc(C(C)(C)C)cc2)cc1. The van der Waals surface area contributed by atoms with Gasteiger partial charge in [-0.15, -0.1) is 0 Å². The van der Waals surface area contributed by atoms with Gasteiger partial charge in [-0.2, -0.15) is 0 Å². The predicted molar refractivity (Wildman–Crippen MR) is 99.7 cm³/mol.